The first-order valence-electron chi connectivity index (χ1n) is 7.44. The molecule has 1 atom stereocenters. The van der Waals surface area contributed by atoms with Crippen LogP contribution in [0.15, 0.2) is 0 Å². The topological polar surface area (TPSA) is 49.4 Å². The Morgan fingerprint density at radius 1 is 1.30 bits per heavy atom. The lowest BCUT2D eigenvalue weighted by atomic mass is 9.80. The molecule has 4 nitrogen and oxygen atoms in total. The van der Waals surface area contributed by atoms with Crippen LogP contribution < -0.4 is 5.32 Å². The molecule has 1 N–H and O–H groups in total. The number of hydrogen-bond acceptors (Lipinski definition) is 3. The molecule has 2 amide bonds. The third-order valence-corrected chi connectivity index (χ3v) is 5.00. The van der Waals surface area contributed by atoms with Gasteiger partial charge in [0.1, 0.15) is 11.6 Å². The van der Waals surface area contributed by atoms with E-state index in [0.717, 1.165) is 31.4 Å². The van der Waals surface area contributed by atoms with Gasteiger partial charge in [0, 0.05) is 12.3 Å². The van der Waals surface area contributed by atoms with Crippen molar-refractivity contribution in [1.29, 1.82) is 0 Å². The van der Waals surface area contributed by atoms with Crippen LogP contribution in [0.1, 0.15) is 46.5 Å². The van der Waals surface area contributed by atoms with Crippen LogP contribution in [0.4, 0.5) is 0 Å². The van der Waals surface area contributed by atoms with E-state index in [4.69, 9.17) is 0 Å². The number of carbonyl (C=O) groups is 2. The molecule has 1 aliphatic carbocycles. The van der Waals surface area contributed by atoms with Crippen molar-refractivity contribution in [2.24, 2.45) is 5.41 Å². The van der Waals surface area contributed by atoms with Crippen molar-refractivity contribution in [2.45, 2.75) is 58.0 Å². The van der Waals surface area contributed by atoms with Crippen LogP contribution in [0.3, 0.4) is 0 Å². The first-order valence-corrected chi connectivity index (χ1v) is 8.83. The van der Waals surface area contributed by atoms with Crippen LogP contribution in [-0.2, 0) is 9.59 Å². The second-order valence-corrected chi connectivity index (χ2v) is 8.02. The predicted octanol–water partition coefficient (Wildman–Crippen LogP) is 2.04. The zero-order chi connectivity index (χ0) is 15.0. The average Bonchev–Trinajstić information content (AvgIpc) is 2.79. The molecule has 0 aromatic carbocycles. The van der Waals surface area contributed by atoms with Crippen molar-refractivity contribution < 1.29 is 9.59 Å². The molecule has 1 heterocycles. The zero-order valence-corrected chi connectivity index (χ0v) is 13.8. The fraction of sp³-hybridized carbons (Fsp3) is 0.867. The Kier molecular flexibility index (Phi) is 4.38. The van der Waals surface area contributed by atoms with Crippen LogP contribution in [0.25, 0.3) is 0 Å². The van der Waals surface area contributed by atoms with Gasteiger partial charge in [0.05, 0.1) is 0 Å². The standard InChI is InChI=1S/C15H26N2O2S/c1-14(2,3)11-12(18)16-15(7-5-6-8-15)13(19)17(11)9-10-20-4/h11H,5-10H2,1-4H3,(H,16,18). The summed E-state index contributed by atoms with van der Waals surface area (Å²) in [5.41, 5.74) is -0.838. The number of piperazine rings is 1. The molecule has 1 aliphatic heterocycles. The van der Waals surface area contributed by atoms with E-state index in [0.29, 0.717) is 6.54 Å². The molecule has 1 spiro atoms. The van der Waals surface area contributed by atoms with Gasteiger partial charge in [-0.05, 0) is 24.5 Å². The van der Waals surface area contributed by atoms with E-state index in [1.165, 1.54) is 0 Å². The van der Waals surface area contributed by atoms with Gasteiger partial charge in [-0.2, -0.15) is 11.8 Å². The summed E-state index contributed by atoms with van der Waals surface area (Å²) >= 11 is 1.72. The van der Waals surface area contributed by atoms with Gasteiger partial charge in [0.2, 0.25) is 11.8 Å². The summed E-state index contributed by atoms with van der Waals surface area (Å²) < 4.78 is 0. The molecule has 20 heavy (non-hydrogen) atoms. The highest BCUT2D eigenvalue weighted by Crippen LogP contribution is 2.38. The van der Waals surface area contributed by atoms with E-state index in [1.54, 1.807) is 11.8 Å². The van der Waals surface area contributed by atoms with Gasteiger partial charge in [0.15, 0.2) is 0 Å². The molecule has 0 aromatic rings. The third kappa shape index (κ3) is 2.69. The molecule has 1 saturated heterocycles. The van der Waals surface area contributed by atoms with Gasteiger partial charge in [-0.15, -0.1) is 0 Å². The number of nitrogens with one attached hydrogen (secondary N) is 1. The molecule has 2 aliphatic rings. The van der Waals surface area contributed by atoms with E-state index in [9.17, 15) is 9.59 Å². The van der Waals surface area contributed by atoms with Crippen molar-refractivity contribution in [1.82, 2.24) is 10.2 Å². The number of thioether (sulfide) groups is 1. The number of rotatable bonds is 3. The molecule has 1 saturated carbocycles. The minimum Gasteiger partial charge on any atom is -0.340 e. The van der Waals surface area contributed by atoms with Gasteiger partial charge < -0.3 is 10.2 Å². The largest absolute Gasteiger partial charge is 0.340 e. The smallest absolute Gasteiger partial charge is 0.249 e. The number of hydrogen-bond donors (Lipinski definition) is 1. The molecular formula is C15H26N2O2S. The monoisotopic (exact) mass is 298 g/mol. The van der Waals surface area contributed by atoms with Crippen LogP contribution in [0.5, 0.6) is 0 Å². The number of carbonyl (C=O) groups excluding carboxylic acids is 2. The minimum absolute atomic E-state index is 0.0279. The highest BCUT2D eigenvalue weighted by atomic mass is 32.2. The van der Waals surface area contributed by atoms with Crippen molar-refractivity contribution in [3.63, 3.8) is 0 Å². The zero-order valence-electron chi connectivity index (χ0n) is 13.0. The summed E-state index contributed by atoms with van der Waals surface area (Å²) in [6.07, 6.45) is 5.69. The van der Waals surface area contributed by atoms with Gasteiger partial charge in [-0.1, -0.05) is 33.6 Å². The maximum atomic E-state index is 13.0. The molecule has 2 rings (SSSR count). The first kappa shape index (κ1) is 15.7. The summed E-state index contributed by atoms with van der Waals surface area (Å²) in [6, 6.07) is -0.353. The molecular weight excluding hydrogens is 272 g/mol. The maximum absolute atomic E-state index is 13.0. The lowest BCUT2D eigenvalue weighted by Gasteiger charge is -2.48. The Morgan fingerprint density at radius 3 is 2.40 bits per heavy atom. The Balaban J connectivity index is 2.31. The Morgan fingerprint density at radius 2 is 1.90 bits per heavy atom. The van der Waals surface area contributed by atoms with E-state index in [2.05, 4.69) is 5.32 Å². The molecule has 0 bridgehead atoms. The van der Waals surface area contributed by atoms with Gasteiger partial charge >= 0.3 is 0 Å². The Bertz CT molecular complexity index is 397. The molecule has 114 valence electrons. The van der Waals surface area contributed by atoms with E-state index in [-0.39, 0.29) is 23.3 Å². The molecule has 0 aromatic heterocycles. The lowest BCUT2D eigenvalue weighted by Crippen LogP contribution is -2.72. The summed E-state index contributed by atoms with van der Waals surface area (Å²) in [5.74, 6) is 1.05. The first-order chi connectivity index (χ1) is 9.32. The number of amides is 2. The quantitative estimate of drug-likeness (QED) is 0.867. The second-order valence-electron chi connectivity index (χ2n) is 7.04. The molecule has 0 radical (unpaired) electrons. The average molecular weight is 298 g/mol. The predicted molar refractivity (Wildman–Crippen MR) is 82.7 cm³/mol. The highest BCUT2D eigenvalue weighted by molar-refractivity contribution is 7.98. The van der Waals surface area contributed by atoms with E-state index < -0.39 is 5.54 Å². The molecule has 1 unspecified atom stereocenters. The fourth-order valence-electron chi connectivity index (χ4n) is 3.49. The molecule has 2 fully saturated rings. The summed E-state index contributed by atoms with van der Waals surface area (Å²) in [5, 5.41) is 3.07. The lowest BCUT2D eigenvalue weighted by molar-refractivity contribution is -0.158. The van der Waals surface area contributed by atoms with Crippen molar-refractivity contribution in [3.05, 3.63) is 0 Å². The van der Waals surface area contributed by atoms with Crippen molar-refractivity contribution in [3.8, 4) is 0 Å². The normalized spacial score (nSPS) is 26.2. The van der Waals surface area contributed by atoms with Gasteiger partial charge in [0.25, 0.3) is 0 Å². The van der Waals surface area contributed by atoms with Gasteiger partial charge in [-0.25, -0.2) is 0 Å². The molecule has 5 heteroatoms. The van der Waals surface area contributed by atoms with Gasteiger partial charge in [-0.3, -0.25) is 9.59 Å². The van der Waals surface area contributed by atoms with Crippen LogP contribution in [0.2, 0.25) is 0 Å². The SMILES string of the molecule is CSCCN1C(=O)C2(CCCC2)NC(=O)C1C(C)(C)C. The third-order valence-electron chi connectivity index (χ3n) is 4.41. The van der Waals surface area contributed by atoms with E-state index >= 15 is 0 Å². The summed E-state index contributed by atoms with van der Waals surface area (Å²) in [6.45, 7) is 6.76. The van der Waals surface area contributed by atoms with Crippen LogP contribution in [0, 0.1) is 5.41 Å². The fourth-order valence-corrected chi connectivity index (χ4v) is 3.87. The minimum atomic E-state index is -0.600. The maximum Gasteiger partial charge on any atom is 0.249 e. The van der Waals surface area contributed by atoms with Crippen molar-refractivity contribution >= 4 is 23.6 Å². The van der Waals surface area contributed by atoms with E-state index in [1.807, 2.05) is 31.9 Å². The second kappa shape index (κ2) is 5.58. The number of nitrogens with zero attached hydrogens (tertiary/aromatic N) is 1. The van der Waals surface area contributed by atoms with Crippen LogP contribution in [-0.4, -0.2) is 46.8 Å². The van der Waals surface area contributed by atoms with Crippen molar-refractivity contribution in [2.75, 3.05) is 18.6 Å². The Hall–Kier alpha value is -0.710. The highest BCUT2D eigenvalue weighted by Gasteiger charge is 2.54. The Labute approximate surface area is 126 Å². The summed E-state index contributed by atoms with van der Waals surface area (Å²) in [4.78, 5) is 27.4. The summed E-state index contributed by atoms with van der Waals surface area (Å²) in [7, 11) is 0. The van der Waals surface area contributed by atoms with Crippen LogP contribution >= 0.6 is 11.8 Å².